The van der Waals surface area contributed by atoms with Gasteiger partial charge >= 0.3 is 5.97 Å². The van der Waals surface area contributed by atoms with E-state index in [0.717, 1.165) is 5.56 Å². The van der Waals surface area contributed by atoms with Crippen LogP contribution in [0.2, 0.25) is 0 Å². The van der Waals surface area contributed by atoms with Crippen LogP contribution in [0.5, 0.6) is 0 Å². The van der Waals surface area contributed by atoms with Gasteiger partial charge in [-0.25, -0.2) is 4.79 Å². The molecule has 0 saturated carbocycles. The summed E-state index contributed by atoms with van der Waals surface area (Å²) in [7, 11) is 1.34. The third kappa shape index (κ3) is 2.33. The number of ether oxygens (including phenoxy) is 1. The molecule has 0 heterocycles. The van der Waals surface area contributed by atoms with Gasteiger partial charge in [0, 0.05) is 5.03 Å². The lowest BCUT2D eigenvalue weighted by molar-refractivity contribution is 0.0601. The summed E-state index contributed by atoms with van der Waals surface area (Å²) in [5, 5.41) is 0.455. The quantitative estimate of drug-likeness (QED) is 0.680. The summed E-state index contributed by atoms with van der Waals surface area (Å²) in [6.45, 7) is 3.57. The minimum atomic E-state index is -0.355. The molecule has 2 nitrogen and oxygen atoms in total. The third-order valence-corrected chi connectivity index (χ3v) is 1.84. The molecule has 1 aromatic carbocycles. The molecule has 0 saturated heterocycles. The van der Waals surface area contributed by atoms with Crippen molar-refractivity contribution in [2.75, 3.05) is 7.11 Å². The molecule has 0 amide bonds. The summed E-state index contributed by atoms with van der Waals surface area (Å²) in [5.41, 5.74) is 1.30. The van der Waals surface area contributed by atoms with Gasteiger partial charge in [-0.05, 0) is 17.7 Å². The lowest BCUT2D eigenvalue weighted by atomic mass is 10.1. The van der Waals surface area contributed by atoms with E-state index in [4.69, 9.17) is 11.6 Å². The summed E-state index contributed by atoms with van der Waals surface area (Å²) in [6.07, 6.45) is 0. The van der Waals surface area contributed by atoms with Crippen molar-refractivity contribution in [3.8, 4) is 0 Å². The summed E-state index contributed by atoms with van der Waals surface area (Å²) >= 11 is 5.66. The van der Waals surface area contributed by atoms with Gasteiger partial charge < -0.3 is 4.74 Å². The van der Waals surface area contributed by atoms with E-state index in [1.54, 1.807) is 24.3 Å². The van der Waals surface area contributed by atoms with Crippen LogP contribution < -0.4 is 0 Å². The smallest absolute Gasteiger partial charge is 0.337 e. The number of halogens is 1. The molecule has 0 aromatic heterocycles. The highest BCUT2D eigenvalue weighted by atomic mass is 35.5. The van der Waals surface area contributed by atoms with Gasteiger partial charge in [0.15, 0.2) is 0 Å². The first kappa shape index (κ1) is 9.81. The molecule has 0 radical (unpaired) electrons. The molecule has 68 valence electrons. The van der Waals surface area contributed by atoms with Crippen molar-refractivity contribution in [2.45, 2.75) is 0 Å². The predicted molar refractivity (Wildman–Crippen MR) is 52.7 cm³/mol. The van der Waals surface area contributed by atoms with E-state index in [9.17, 15) is 4.79 Å². The highest BCUT2D eigenvalue weighted by molar-refractivity contribution is 6.48. The summed E-state index contributed by atoms with van der Waals surface area (Å²) in [4.78, 5) is 11.0. The van der Waals surface area contributed by atoms with Crippen molar-refractivity contribution >= 4 is 22.6 Å². The zero-order valence-electron chi connectivity index (χ0n) is 7.21. The maximum absolute atomic E-state index is 11.0. The first-order chi connectivity index (χ1) is 6.15. The molecule has 13 heavy (non-hydrogen) atoms. The lowest BCUT2D eigenvalue weighted by Gasteiger charge is -2.00. The molecule has 0 bridgehead atoms. The fraction of sp³-hybridized carbons (Fsp3) is 0.100. The maximum Gasteiger partial charge on any atom is 0.337 e. The van der Waals surface area contributed by atoms with Crippen LogP contribution in [0.3, 0.4) is 0 Å². The fourth-order valence-electron chi connectivity index (χ4n) is 0.905. The molecule has 0 aliphatic rings. The van der Waals surface area contributed by atoms with Crippen LogP contribution in [-0.4, -0.2) is 13.1 Å². The summed E-state index contributed by atoms with van der Waals surface area (Å²) < 4.78 is 4.54. The zero-order chi connectivity index (χ0) is 9.84. The van der Waals surface area contributed by atoms with Crippen LogP contribution in [0.25, 0.3) is 5.03 Å². The topological polar surface area (TPSA) is 26.3 Å². The number of benzene rings is 1. The van der Waals surface area contributed by atoms with Crippen LogP contribution in [0.4, 0.5) is 0 Å². The molecule has 3 heteroatoms. The number of carbonyl (C=O) groups excluding carboxylic acids is 1. The Hall–Kier alpha value is -1.28. The fourth-order valence-corrected chi connectivity index (χ4v) is 1.03. The first-order valence-electron chi connectivity index (χ1n) is 3.68. The van der Waals surface area contributed by atoms with E-state index in [0.29, 0.717) is 10.6 Å². The van der Waals surface area contributed by atoms with Gasteiger partial charge in [0.05, 0.1) is 12.7 Å². The van der Waals surface area contributed by atoms with E-state index in [1.807, 2.05) is 0 Å². The van der Waals surface area contributed by atoms with E-state index in [-0.39, 0.29) is 5.97 Å². The minimum absolute atomic E-state index is 0.355. The van der Waals surface area contributed by atoms with Crippen molar-refractivity contribution in [2.24, 2.45) is 0 Å². The van der Waals surface area contributed by atoms with Crippen molar-refractivity contribution in [1.82, 2.24) is 0 Å². The molecular formula is C10H9ClO2. The van der Waals surface area contributed by atoms with Gasteiger partial charge in [-0.2, -0.15) is 0 Å². The van der Waals surface area contributed by atoms with Crippen LogP contribution in [-0.2, 0) is 4.74 Å². The molecule has 0 unspecified atom stereocenters. The normalized spacial score (nSPS) is 9.38. The highest BCUT2D eigenvalue weighted by Gasteiger charge is 2.04. The van der Waals surface area contributed by atoms with Crippen molar-refractivity contribution < 1.29 is 9.53 Å². The number of hydrogen-bond donors (Lipinski definition) is 0. The monoisotopic (exact) mass is 196 g/mol. The van der Waals surface area contributed by atoms with Crippen molar-refractivity contribution in [1.29, 1.82) is 0 Å². The van der Waals surface area contributed by atoms with Crippen molar-refractivity contribution in [3.63, 3.8) is 0 Å². The number of esters is 1. The van der Waals surface area contributed by atoms with Crippen LogP contribution >= 0.6 is 11.6 Å². The second kappa shape index (κ2) is 4.10. The Morgan fingerprint density at radius 1 is 1.31 bits per heavy atom. The van der Waals surface area contributed by atoms with Gasteiger partial charge in [-0.1, -0.05) is 30.3 Å². The second-order valence-corrected chi connectivity index (χ2v) is 2.93. The number of methoxy groups -OCH3 is 1. The average molecular weight is 197 g/mol. The Morgan fingerprint density at radius 2 is 1.77 bits per heavy atom. The Bertz CT molecular complexity index is 327. The Morgan fingerprint density at radius 3 is 2.15 bits per heavy atom. The molecule has 0 aliphatic carbocycles. The maximum atomic E-state index is 11.0. The molecule has 1 rings (SSSR count). The summed E-state index contributed by atoms with van der Waals surface area (Å²) in [6, 6.07) is 6.74. The minimum Gasteiger partial charge on any atom is -0.465 e. The molecular weight excluding hydrogens is 188 g/mol. The Labute approximate surface area is 81.8 Å². The van der Waals surface area contributed by atoms with Gasteiger partial charge in [0.25, 0.3) is 0 Å². The zero-order valence-corrected chi connectivity index (χ0v) is 7.97. The van der Waals surface area contributed by atoms with Gasteiger partial charge in [-0.3, -0.25) is 0 Å². The second-order valence-electron chi connectivity index (χ2n) is 2.47. The van der Waals surface area contributed by atoms with Crippen LogP contribution in [0, 0.1) is 0 Å². The largest absolute Gasteiger partial charge is 0.465 e. The van der Waals surface area contributed by atoms with E-state index in [2.05, 4.69) is 11.3 Å². The van der Waals surface area contributed by atoms with Crippen LogP contribution in [0.1, 0.15) is 15.9 Å². The van der Waals surface area contributed by atoms with E-state index < -0.39 is 0 Å². The highest BCUT2D eigenvalue weighted by Crippen LogP contribution is 2.16. The van der Waals surface area contributed by atoms with Gasteiger partial charge in [0.1, 0.15) is 0 Å². The number of hydrogen-bond acceptors (Lipinski definition) is 2. The molecule has 1 aromatic rings. The molecule has 0 spiro atoms. The average Bonchev–Trinajstić information content (AvgIpc) is 2.17. The first-order valence-corrected chi connectivity index (χ1v) is 4.06. The standard InChI is InChI=1S/C10H9ClO2/c1-7(11)8-3-5-9(6-4-8)10(12)13-2/h3-6H,1H2,2H3. The SMILES string of the molecule is C=C(Cl)c1ccc(C(=O)OC)cc1. The van der Waals surface area contributed by atoms with Gasteiger partial charge in [-0.15, -0.1) is 0 Å². The Balaban J connectivity index is 2.93. The molecule has 0 N–H and O–H groups in total. The van der Waals surface area contributed by atoms with Gasteiger partial charge in [0.2, 0.25) is 0 Å². The Kier molecular flexibility index (Phi) is 3.09. The molecule has 0 aliphatic heterocycles. The summed E-state index contributed by atoms with van der Waals surface area (Å²) in [5.74, 6) is -0.355. The van der Waals surface area contributed by atoms with Crippen molar-refractivity contribution in [3.05, 3.63) is 42.0 Å². The van der Waals surface area contributed by atoms with E-state index in [1.165, 1.54) is 7.11 Å². The molecule has 0 atom stereocenters. The molecule has 0 fully saturated rings. The predicted octanol–water partition coefficient (Wildman–Crippen LogP) is 2.68. The number of carbonyl (C=O) groups is 1. The van der Waals surface area contributed by atoms with Crippen LogP contribution in [0.15, 0.2) is 30.8 Å². The third-order valence-electron chi connectivity index (χ3n) is 1.62. The number of rotatable bonds is 2. The van der Waals surface area contributed by atoms with E-state index >= 15 is 0 Å². The lowest BCUT2D eigenvalue weighted by Crippen LogP contribution is -2.00.